The number of carbonyl (C=O) groups is 3. The molecule has 2 heterocycles. The van der Waals surface area contributed by atoms with E-state index >= 15 is 14.4 Å². The van der Waals surface area contributed by atoms with Gasteiger partial charge >= 0.3 is 0 Å². The fraction of sp³-hybridized carbons (Fsp3) is 0.325. The number of nitrogens with zero attached hydrogens (tertiary/aromatic N) is 1. The van der Waals surface area contributed by atoms with Gasteiger partial charge in [-0.1, -0.05) is 103 Å². The highest BCUT2D eigenvalue weighted by atomic mass is 35.5. The molecule has 8 nitrogen and oxygen atoms in total. The first-order chi connectivity index (χ1) is 23.7. The molecule has 4 unspecified atom stereocenters. The van der Waals surface area contributed by atoms with Crippen LogP contribution >= 0.6 is 11.6 Å². The van der Waals surface area contributed by atoms with Crippen LogP contribution in [-0.4, -0.2) is 41.0 Å². The van der Waals surface area contributed by atoms with Crippen LogP contribution in [0.25, 0.3) is 0 Å². The van der Waals surface area contributed by atoms with Gasteiger partial charge in [-0.05, 0) is 74.2 Å². The number of benzene rings is 4. The molecule has 0 aromatic heterocycles. The summed E-state index contributed by atoms with van der Waals surface area (Å²) in [5, 5.41) is 20.5. The summed E-state index contributed by atoms with van der Waals surface area (Å²) >= 11 is 6.29. The van der Waals surface area contributed by atoms with E-state index in [1.165, 1.54) is 4.90 Å². The van der Waals surface area contributed by atoms with Crippen molar-refractivity contribution >= 4 is 34.9 Å². The van der Waals surface area contributed by atoms with E-state index in [0.29, 0.717) is 16.5 Å². The summed E-state index contributed by atoms with van der Waals surface area (Å²) < 4.78 is 6.75. The number of Topliss-reactive ketones (excluding diaryl/α,β-unsaturated/α-hetero) is 1. The number of ketones is 1. The Morgan fingerprint density at radius 2 is 1.57 bits per heavy atom. The molecule has 0 radical (unpaired) electrons. The standard InChI is InChI=1S/C40H40ClN3O5/c1-25-18-23-33-32(24-25)35(45)39(37(49-33)42-26(2)27-12-6-3-7-13-27)34(36(46)43-30-16-10-5-11-17-30)44(31-21-19-29(41)20-22-31)38(47)40(39,48)28-14-8-4-9-15-28/h3-4,6-9,12-15,18-24,26,30,34,37,42,48H,5,10-11,16-17H2,1-2H3,(H,43,46)/t26-,34?,37?,39?,40?/m0/s1. The van der Waals surface area contributed by atoms with Gasteiger partial charge in [0, 0.05) is 22.8 Å². The smallest absolute Gasteiger partial charge is 0.265 e. The summed E-state index contributed by atoms with van der Waals surface area (Å²) in [7, 11) is 0. The summed E-state index contributed by atoms with van der Waals surface area (Å²) in [6, 6.07) is 27.8. The molecule has 3 N–H and O–H groups in total. The van der Waals surface area contributed by atoms with Gasteiger partial charge in [-0.3, -0.25) is 24.6 Å². The van der Waals surface area contributed by atoms with Crippen LogP contribution in [0.15, 0.2) is 103 Å². The minimum Gasteiger partial charge on any atom is -0.473 e. The number of aliphatic hydroxyl groups is 1. The van der Waals surface area contributed by atoms with E-state index in [1.54, 1.807) is 66.7 Å². The van der Waals surface area contributed by atoms with Crippen molar-refractivity contribution in [1.29, 1.82) is 0 Å². The van der Waals surface area contributed by atoms with Gasteiger partial charge in [-0.2, -0.15) is 0 Å². The predicted molar refractivity (Wildman–Crippen MR) is 188 cm³/mol. The number of hydrogen-bond donors (Lipinski definition) is 3. The monoisotopic (exact) mass is 677 g/mol. The molecule has 3 aliphatic rings. The lowest BCUT2D eigenvalue weighted by Crippen LogP contribution is -2.71. The van der Waals surface area contributed by atoms with Crippen LogP contribution in [0.2, 0.25) is 5.02 Å². The number of carbonyl (C=O) groups excluding carboxylic acids is 3. The molecule has 5 atom stereocenters. The van der Waals surface area contributed by atoms with Gasteiger partial charge in [0.15, 0.2) is 23.0 Å². The molecule has 4 aromatic rings. The van der Waals surface area contributed by atoms with Gasteiger partial charge in [0.25, 0.3) is 5.91 Å². The molecule has 1 saturated carbocycles. The van der Waals surface area contributed by atoms with Crippen LogP contribution in [-0.2, 0) is 15.2 Å². The molecule has 1 spiro atoms. The van der Waals surface area contributed by atoms with Crippen LogP contribution in [0.5, 0.6) is 5.75 Å². The Morgan fingerprint density at radius 1 is 0.918 bits per heavy atom. The summed E-state index contributed by atoms with van der Waals surface area (Å²) in [4.78, 5) is 47.2. The SMILES string of the molecule is Cc1ccc2c(c1)C(=O)C1(C(N[C@@H](C)c3ccccc3)O2)C(C(=O)NC2CCCCC2)N(c2ccc(Cl)cc2)C(=O)C1(O)c1ccccc1. The van der Waals surface area contributed by atoms with Gasteiger partial charge < -0.3 is 15.2 Å². The van der Waals surface area contributed by atoms with Crippen molar-refractivity contribution in [3.63, 3.8) is 0 Å². The molecular weight excluding hydrogens is 638 g/mol. The van der Waals surface area contributed by atoms with E-state index in [4.69, 9.17) is 16.3 Å². The van der Waals surface area contributed by atoms with Crippen molar-refractivity contribution in [2.45, 2.75) is 75.9 Å². The quantitative estimate of drug-likeness (QED) is 0.203. The number of amides is 2. The van der Waals surface area contributed by atoms with E-state index in [0.717, 1.165) is 43.2 Å². The number of ether oxygens (including phenoxy) is 1. The average Bonchev–Trinajstić information content (AvgIpc) is 3.33. The second-order valence-electron chi connectivity index (χ2n) is 13.5. The number of hydrogen-bond acceptors (Lipinski definition) is 6. The number of nitrogens with one attached hydrogen (secondary N) is 2. The zero-order valence-corrected chi connectivity index (χ0v) is 28.3. The molecule has 49 heavy (non-hydrogen) atoms. The van der Waals surface area contributed by atoms with Gasteiger partial charge in [0.05, 0.1) is 5.56 Å². The van der Waals surface area contributed by atoms with E-state index in [2.05, 4.69) is 10.6 Å². The van der Waals surface area contributed by atoms with E-state index in [1.807, 2.05) is 50.2 Å². The molecule has 9 heteroatoms. The number of anilines is 1. The molecule has 2 amide bonds. The zero-order chi connectivity index (χ0) is 34.3. The minimum absolute atomic E-state index is 0.144. The predicted octanol–water partition coefficient (Wildman–Crippen LogP) is 6.64. The van der Waals surface area contributed by atoms with Crippen molar-refractivity contribution in [2.75, 3.05) is 4.90 Å². The largest absolute Gasteiger partial charge is 0.473 e. The van der Waals surface area contributed by atoms with Crippen molar-refractivity contribution in [3.8, 4) is 5.75 Å². The minimum atomic E-state index is -2.55. The Balaban J connectivity index is 1.52. The van der Waals surface area contributed by atoms with E-state index in [9.17, 15) is 5.11 Å². The molecule has 0 bridgehead atoms. The number of aryl methyl sites for hydroxylation is 1. The highest BCUT2D eigenvalue weighted by Crippen LogP contribution is 2.59. The second kappa shape index (κ2) is 13.1. The number of halogens is 1. The third-order valence-corrected chi connectivity index (χ3v) is 10.7. The second-order valence-corrected chi connectivity index (χ2v) is 13.9. The maximum Gasteiger partial charge on any atom is 0.265 e. The van der Waals surface area contributed by atoms with Gasteiger partial charge in [-0.15, -0.1) is 0 Å². The molecule has 1 aliphatic carbocycles. The molecule has 252 valence electrons. The van der Waals surface area contributed by atoms with Gasteiger partial charge in [-0.25, -0.2) is 0 Å². The fourth-order valence-corrected chi connectivity index (χ4v) is 8.09. The Bertz CT molecular complexity index is 1860. The van der Waals surface area contributed by atoms with Crippen LogP contribution in [0, 0.1) is 12.3 Å². The third-order valence-electron chi connectivity index (χ3n) is 10.4. The van der Waals surface area contributed by atoms with E-state index in [-0.39, 0.29) is 17.2 Å². The van der Waals surface area contributed by atoms with Crippen molar-refractivity contribution < 1.29 is 24.2 Å². The third kappa shape index (κ3) is 5.43. The summed E-state index contributed by atoms with van der Waals surface area (Å²) in [6.07, 6.45) is 3.22. The summed E-state index contributed by atoms with van der Waals surface area (Å²) in [6.45, 7) is 3.78. The highest BCUT2D eigenvalue weighted by molar-refractivity contribution is 6.30. The first kappa shape index (κ1) is 33.0. The topological polar surface area (TPSA) is 108 Å². The maximum absolute atomic E-state index is 15.6. The first-order valence-electron chi connectivity index (χ1n) is 17.0. The lowest BCUT2D eigenvalue weighted by molar-refractivity contribution is -0.157. The zero-order valence-electron chi connectivity index (χ0n) is 27.6. The Hall–Kier alpha value is -4.50. The first-order valence-corrected chi connectivity index (χ1v) is 17.3. The number of rotatable bonds is 7. The molecule has 2 aliphatic heterocycles. The Kier molecular flexibility index (Phi) is 8.82. The van der Waals surface area contributed by atoms with Gasteiger partial charge in [0.2, 0.25) is 5.91 Å². The Labute approximate surface area is 291 Å². The van der Waals surface area contributed by atoms with Crippen LogP contribution < -0.4 is 20.3 Å². The molecule has 4 aromatic carbocycles. The molecule has 7 rings (SSSR count). The molecule has 1 saturated heterocycles. The lowest BCUT2D eigenvalue weighted by atomic mass is 9.60. The fourth-order valence-electron chi connectivity index (χ4n) is 7.97. The summed E-state index contributed by atoms with van der Waals surface area (Å²) in [5.74, 6) is -1.60. The average molecular weight is 678 g/mol. The van der Waals surface area contributed by atoms with Crippen molar-refractivity contribution in [2.24, 2.45) is 5.41 Å². The normalized spacial score (nSPS) is 25.9. The molecular formula is C40H40ClN3O5. The van der Waals surface area contributed by atoms with Gasteiger partial charge in [0.1, 0.15) is 11.8 Å². The number of fused-ring (bicyclic) bond motifs is 1. The van der Waals surface area contributed by atoms with Crippen LogP contribution in [0.3, 0.4) is 0 Å². The summed E-state index contributed by atoms with van der Waals surface area (Å²) in [5.41, 5.74) is -2.36. The van der Waals surface area contributed by atoms with Crippen LogP contribution in [0.4, 0.5) is 5.69 Å². The Morgan fingerprint density at radius 3 is 2.24 bits per heavy atom. The van der Waals surface area contributed by atoms with E-state index < -0.39 is 46.9 Å². The van der Waals surface area contributed by atoms with Crippen LogP contribution in [0.1, 0.15) is 72.1 Å². The maximum atomic E-state index is 15.6. The lowest BCUT2D eigenvalue weighted by Gasteiger charge is -2.49. The van der Waals surface area contributed by atoms with Crippen molar-refractivity contribution in [3.05, 3.63) is 130 Å². The highest BCUT2D eigenvalue weighted by Gasteiger charge is 2.80. The molecule has 2 fully saturated rings. The van der Waals surface area contributed by atoms with Crippen molar-refractivity contribution in [1.82, 2.24) is 10.6 Å².